The number of hydrogen-bond acceptors (Lipinski definition) is 7. The molecule has 0 amide bonds. The van der Waals surface area contributed by atoms with Gasteiger partial charge in [0, 0.05) is 6.20 Å². The quantitative estimate of drug-likeness (QED) is 0.534. The highest BCUT2D eigenvalue weighted by molar-refractivity contribution is 7.47. The zero-order valence-electron chi connectivity index (χ0n) is 13.0. The lowest BCUT2D eigenvalue weighted by Gasteiger charge is -2.17. The van der Waals surface area contributed by atoms with Gasteiger partial charge in [-0.25, -0.2) is 9.36 Å². The summed E-state index contributed by atoms with van der Waals surface area (Å²) in [5, 5.41) is 0. The highest BCUT2D eigenvalue weighted by Gasteiger charge is 2.30. The van der Waals surface area contributed by atoms with E-state index in [4.69, 9.17) is 19.5 Å². The van der Waals surface area contributed by atoms with Crippen LogP contribution < -0.4 is 11.4 Å². The second-order valence-electron chi connectivity index (χ2n) is 5.28. The van der Waals surface area contributed by atoms with Gasteiger partial charge in [0.15, 0.2) is 0 Å². The summed E-state index contributed by atoms with van der Waals surface area (Å²) >= 11 is 0. The number of nitrogens with two attached hydrogens (primary N) is 1. The molecule has 1 aliphatic heterocycles. The molecule has 0 radical (unpaired) electrons. The van der Waals surface area contributed by atoms with E-state index in [1.165, 1.54) is 16.8 Å². The summed E-state index contributed by atoms with van der Waals surface area (Å²) in [6.07, 6.45) is 3.36. The van der Waals surface area contributed by atoms with Gasteiger partial charge in [0.1, 0.15) is 12.0 Å². The molecular formula is C13H22N3O6P. The van der Waals surface area contributed by atoms with Crippen LogP contribution in [-0.2, 0) is 18.3 Å². The van der Waals surface area contributed by atoms with Crippen molar-refractivity contribution in [1.29, 1.82) is 0 Å². The van der Waals surface area contributed by atoms with E-state index in [2.05, 4.69) is 4.98 Å². The monoisotopic (exact) mass is 347 g/mol. The first-order valence-electron chi connectivity index (χ1n) is 7.53. The standard InChI is InChI=1S/C13H22N3O6P/c1-2-3-8-20-23(18,19)21-9-10-4-5-12(22-10)16-7-6-11(14)15-13(16)17/h6-7,10,12H,2-5,8-9H2,1H3,(H,18,19)(H2,14,15,17)/t10-,12+/m0/s1. The average molecular weight is 347 g/mol. The summed E-state index contributed by atoms with van der Waals surface area (Å²) < 4.78 is 28.4. The van der Waals surface area contributed by atoms with Crippen LogP contribution in [0.1, 0.15) is 38.8 Å². The Balaban J connectivity index is 1.83. The molecule has 2 heterocycles. The molecule has 3 atom stereocenters. The van der Waals surface area contributed by atoms with Crippen LogP contribution in [0.4, 0.5) is 5.82 Å². The van der Waals surface area contributed by atoms with Crippen molar-refractivity contribution in [2.24, 2.45) is 0 Å². The lowest BCUT2D eigenvalue weighted by molar-refractivity contribution is -0.0259. The fourth-order valence-corrected chi connectivity index (χ4v) is 2.99. The minimum atomic E-state index is -4.06. The molecule has 23 heavy (non-hydrogen) atoms. The second kappa shape index (κ2) is 8.03. The molecule has 0 saturated carbocycles. The Labute approximate surface area is 134 Å². The molecule has 0 aromatic carbocycles. The van der Waals surface area contributed by atoms with Gasteiger partial charge in [0.25, 0.3) is 0 Å². The van der Waals surface area contributed by atoms with Crippen molar-refractivity contribution < 1.29 is 23.2 Å². The SMILES string of the molecule is CCCCOP(=O)(O)OC[C@@H]1CC[C@H](n2ccc(N)nc2=O)O1. The molecule has 1 unspecified atom stereocenters. The molecule has 9 nitrogen and oxygen atoms in total. The van der Waals surface area contributed by atoms with Gasteiger partial charge in [0.05, 0.1) is 19.3 Å². The van der Waals surface area contributed by atoms with Crippen molar-refractivity contribution in [3.05, 3.63) is 22.7 Å². The summed E-state index contributed by atoms with van der Waals surface area (Å²) in [5.74, 6) is 0.148. The molecule has 1 aromatic rings. The van der Waals surface area contributed by atoms with Crippen molar-refractivity contribution >= 4 is 13.6 Å². The number of nitrogens with zero attached hydrogens (tertiary/aromatic N) is 2. The van der Waals surface area contributed by atoms with Gasteiger partial charge in [0.2, 0.25) is 0 Å². The Morgan fingerprint density at radius 2 is 2.30 bits per heavy atom. The normalized spacial score (nSPS) is 23.7. The number of anilines is 1. The molecule has 0 aliphatic carbocycles. The third kappa shape index (κ3) is 5.40. The first-order valence-corrected chi connectivity index (χ1v) is 9.03. The van der Waals surface area contributed by atoms with E-state index in [9.17, 15) is 14.3 Å². The molecule has 1 aromatic heterocycles. The maximum Gasteiger partial charge on any atom is 0.472 e. The smallest absolute Gasteiger partial charge is 0.383 e. The largest absolute Gasteiger partial charge is 0.472 e. The number of phosphoric ester groups is 1. The Morgan fingerprint density at radius 1 is 1.52 bits per heavy atom. The Hall–Kier alpha value is -1.25. The minimum absolute atomic E-state index is 0.0758. The van der Waals surface area contributed by atoms with Gasteiger partial charge >= 0.3 is 13.5 Å². The molecule has 1 saturated heterocycles. The van der Waals surface area contributed by atoms with E-state index in [0.29, 0.717) is 19.3 Å². The Bertz CT molecular complexity index is 622. The van der Waals surface area contributed by atoms with E-state index in [1.807, 2.05) is 6.92 Å². The van der Waals surface area contributed by atoms with Crippen LogP contribution in [0.5, 0.6) is 0 Å². The van der Waals surface area contributed by atoms with E-state index in [0.717, 1.165) is 6.42 Å². The fourth-order valence-electron chi connectivity index (χ4n) is 2.20. The third-order valence-electron chi connectivity index (χ3n) is 3.42. The van der Waals surface area contributed by atoms with Crippen molar-refractivity contribution in [3.8, 4) is 0 Å². The Kier molecular flexibility index (Phi) is 6.32. The van der Waals surface area contributed by atoms with Crippen molar-refractivity contribution in [2.45, 2.75) is 44.9 Å². The summed E-state index contributed by atoms with van der Waals surface area (Å²) in [5.41, 5.74) is 4.95. The van der Waals surface area contributed by atoms with Crippen molar-refractivity contribution in [3.63, 3.8) is 0 Å². The van der Waals surface area contributed by atoms with Gasteiger partial charge < -0.3 is 15.4 Å². The highest BCUT2D eigenvalue weighted by atomic mass is 31.2. The topological polar surface area (TPSA) is 126 Å². The Morgan fingerprint density at radius 3 is 3.00 bits per heavy atom. The maximum absolute atomic E-state index is 11.8. The summed E-state index contributed by atoms with van der Waals surface area (Å²) in [4.78, 5) is 24.9. The molecule has 2 rings (SSSR count). The summed E-state index contributed by atoms with van der Waals surface area (Å²) in [7, 11) is -4.06. The van der Waals surface area contributed by atoms with Gasteiger partial charge in [-0.15, -0.1) is 0 Å². The van der Waals surface area contributed by atoms with Crippen LogP contribution in [0.25, 0.3) is 0 Å². The first kappa shape index (κ1) is 18.1. The van der Waals surface area contributed by atoms with Crippen LogP contribution >= 0.6 is 7.82 Å². The number of unbranched alkanes of at least 4 members (excludes halogenated alkanes) is 1. The number of aromatic nitrogens is 2. The predicted octanol–water partition coefficient (Wildman–Crippen LogP) is 1.44. The number of ether oxygens (including phenoxy) is 1. The fraction of sp³-hybridized carbons (Fsp3) is 0.692. The van der Waals surface area contributed by atoms with Crippen LogP contribution in [0.15, 0.2) is 17.1 Å². The second-order valence-corrected chi connectivity index (χ2v) is 6.74. The van der Waals surface area contributed by atoms with Crippen LogP contribution in [-0.4, -0.2) is 33.8 Å². The lowest BCUT2D eigenvalue weighted by Crippen LogP contribution is -2.27. The first-order chi connectivity index (χ1) is 10.9. The highest BCUT2D eigenvalue weighted by Crippen LogP contribution is 2.44. The van der Waals surface area contributed by atoms with Crippen LogP contribution in [0.2, 0.25) is 0 Å². The maximum atomic E-state index is 11.8. The average Bonchev–Trinajstić information content (AvgIpc) is 2.94. The molecule has 0 bridgehead atoms. The zero-order valence-corrected chi connectivity index (χ0v) is 13.9. The van der Waals surface area contributed by atoms with Crippen molar-refractivity contribution in [2.75, 3.05) is 18.9 Å². The minimum Gasteiger partial charge on any atom is -0.383 e. The van der Waals surface area contributed by atoms with Crippen LogP contribution in [0.3, 0.4) is 0 Å². The predicted molar refractivity (Wildman–Crippen MR) is 82.7 cm³/mol. The van der Waals surface area contributed by atoms with E-state index in [1.54, 1.807) is 0 Å². The van der Waals surface area contributed by atoms with Crippen LogP contribution in [0, 0.1) is 0 Å². The molecule has 1 fully saturated rings. The number of rotatable bonds is 8. The van der Waals surface area contributed by atoms with Gasteiger partial charge in [-0.3, -0.25) is 13.6 Å². The number of phosphoric acid groups is 1. The van der Waals surface area contributed by atoms with Gasteiger partial charge in [-0.05, 0) is 25.3 Å². The molecule has 10 heteroatoms. The van der Waals surface area contributed by atoms with Gasteiger partial charge in [-0.1, -0.05) is 13.3 Å². The van der Waals surface area contributed by atoms with E-state index >= 15 is 0 Å². The molecular weight excluding hydrogens is 325 g/mol. The molecule has 0 spiro atoms. The lowest BCUT2D eigenvalue weighted by atomic mass is 10.2. The molecule has 3 N–H and O–H groups in total. The third-order valence-corrected chi connectivity index (χ3v) is 4.41. The number of hydrogen-bond donors (Lipinski definition) is 2. The van der Waals surface area contributed by atoms with Crippen molar-refractivity contribution in [1.82, 2.24) is 9.55 Å². The zero-order chi connectivity index (χ0) is 16.9. The summed E-state index contributed by atoms with van der Waals surface area (Å²) in [6.45, 7) is 2.05. The van der Waals surface area contributed by atoms with E-state index in [-0.39, 0.29) is 25.1 Å². The molecule has 1 aliphatic rings. The van der Waals surface area contributed by atoms with E-state index < -0.39 is 19.7 Å². The molecule has 130 valence electrons. The summed E-state index contributed by atoms with van der Waals surface area (Å²) in [6, 6.07) is 1.51. The van der Waals surface area contributed by atoms with Gasteiger partial charge in [-0.2, -0.15) is 4.98 Å². The number of nitrogen functional groups attached to an aromatic ring is 1.